The fourth-order valence-electron chi connectivity index (χ4n) is 2.02. The molecule has 2 aromatic rings. The lowest BCUT2D eigenvalue weighted by molar-refractivity contribution is -0.130. The number of benzene rings is 2. The van der Waals surface area contributed by atoms with Crippen molar-refractivity contribution in [3.05, 3.63) is 59.7 Å². The molecule has 1 aliphatic heterocycles. The molecule has 1 heterocycles. The molecule has 0 bridgehead atoms. The largest absolute Gasteiger partial charge is 0.485 e. The molecule has 7 heteroatoms. The van der Waals surface area contributed by atoms with Gasteiger partial charge < -0.3 is 9.47 Å². The van der Waals surface area contributed by atoms with Crippen molar-refractivity contribution in [2.24, 2.45) is 5.10 Å². The summed E-state index contributed by atoms with van der Waals surface area (Å²) in [5.41, 5.74) is 1.84. The van der Waals surface area contributed by atoms with E-state index in [0.717, 1.165) is 18.3 Å². The van der Waals surface area contributed by atoms with E-state index in [1.807, 2.05) is 0 Å². The summed E-state index contributed by atoms with van der Waals surface area (Å²) in [7, 11) is 0. The predicted octanol–water partition coefficient (Wildman–Crippen LogP) is 2.25. The van der Waals surface area contributed by atoms with Gasteiger partial charge in [-0.3, -0.25) is 4.79 Å². The summed E-state index contributed by atoms with van der Waals surface area (Å²) in [6, 6.07) is 10.4. The molecule has 0 saturated carbocycles. The van der Waals surface area contributed by atoms with Gasteiger partial charge in [0.05, 0.1) is 11.8 Å². The van der Waals surface area contributed by atoms with Gasteiger partial charge in [-0.1, -0.05) is 18.2 Å². The highest BCUT2D eigenvalue weighted by atomic mass is 19.1. The van der Waals surface area contributed by atoms with Gasteiger partial charge in [0.1, 0.15) is 18.2 Å². The minimum absolute atomic E-state index is 0.0203. The number of hydrazone groups is 1. The predicted molar refractivity (Wildman–Crippen MR) is 78.4 cm³/mol. The molecule has 23 heavy (non-hydrogen) atoms. The van der Waals surface area contributed by atoms with Crippen molar-refractivity contribution < 1.29 is 23.0 Å². The van der Waals surface area contributed by atoms with E-state index in [1.165, 1.54) is 6.07 Å². The molecule has 0 unspecified atom stereocenters. The second-order valence-electron chi connectivity index (χ2n) is 4.73. The first kappa shape index (κ1) is 15.0. The van der Waals surface area contributed by atoms with Gasteiger partial charge >= 0.3 is 0 Å². The van der Waals surface area contributed by atoms with Gasteiger partial charge in [0, 0.05) is 0 Å². The maximum absolute atomic E-state index is 13.4. The van der Waals surface area contributed by atoms with E-state index in [2.05, 4.69) is 10.5 Å². The third-order valence-corrected chi connectivity index (χ3v) is 3.17. The minimum atomic E-state index is -0.896. The zero-order valence-electron chi connectivity index (χ0n) is 11.8. The molecule has 0 spiro atoms. The van der Waals surface area contributed by atoms with Crippen LogP contribution in [0.4, 0.5) is 8.78 Å². The number of carbonyl (C=O) groups is 1. The van der Waals surface area contributed by atoms with Crippen molar-refractivity contribution in [2.75, 3.05) is 6.61 Å². The van der Waals surface area contributed by atoms with Crippen LogP contribution >= 0.6 is 0 Å². The summed E-state index contributed by atoms with van der Waals surface area (Å²) in [6.07, 6.45) is 0.00716. The van der Waals surface area contributed by atoms with Crippen LogP contribution in [0.1, 0.15) is 5.56 Å². The lowest BCUT2D eigenvalue weighted by atomic mass is 10.2. The molecule has 5 nitrogen and oxygen atoms in total. The van der Waals surface area contributed by atoms with Gasteiger partial charge in [-0.15, -0.1) is 0 Å². The van der Waals surface area contributed by atoms with Crippen LogP contribution in [0.3, 0.4) is 0 Å². The molecule has 1 amide bonds. The van der Waals surface area contributed by atoms with E-state index in [9.17, 15) is 13.6 Å². The summed E-state index contributed by atoms with van der Waals surface area (Å²) in [5.74, 6) is -1.12. The highest BCUT2D eigenvalue weighted by Crippen LogP contribution is 2.30. The van der Waals surface area contributed by atoms with Crippen LogP contribution in [0.15, 0.2) is 47.6 Å². The Morgan fingerprint density at radius 2 is 1.83 bits per heavy atom. The molecule has 0 aliphatic carbocycles. The van der Waals surface area contributed by atoms with Crippen molar-refractivity contribution in [1.29, 1.82) is 0 Å². The maximum atomic E-state index is 13.4. The topological polar surface area (TPSA) is 59.9 Å². The standard InChI is InChI=1S/C16H12F2N2O3/c17-11-4-3-5-12(18)10(11)8-19-20-16(21)15-9-22-13-6-1-2-7-14(13)23-15/h1-8,15H,9H2,(H,20,21)/b19-8-/t15-/m0/s1. The third-order valence-electron chi connectivity index (χ3n) is 3.17. The van der Waals surface area contributed by atoms with Gasteiger partial charge in [-0.05, 0) is 24.3 Å². The number of hydrogen-bond acceptors (Lipinski definition) is 4. The molecule has 1 aliphatic rings. The fraction of sp³-hybridized carbons (Fsp3) is 0.125. The second-order valence-corrected chi connectivity index (χ2v) is 4.73. The van der Waals surface area contributed by atoms with E-state index in [4.69, 9.17) is 9.47 Å². The van der Waals surface area contributed by atoms with Crippen molar-refractivity contribution in [2.45, 2.75) is 6.10 Å². The van der Waals surface area contributed by atoms with Crippen LogP contribution in [0, 0.1) is 11.6 Å². The first-order valence-corrected chi connectivity index (χ1v) is 6.80. The first-order valence-electron chi connectivity index (χ1n) is 6.80. The van der Waals surface area contributed by atoms with Crippen LogP contribution in [0.25, 0.3) is 0 Å². The van der Waals surface area contributed by atoms with Crippen molar-refractivity contribution in [1.82, 2.24) is 5.43 Å². The summed E-state index contributed by atoms with van der Waals surface area (Å²) in [5, 5.41) is 3.55. The summed E-state index contributed by atoms with van der Waals surface area (Å²) in [6.45, 7) is 0.0203. The Morgan fingerprint density at radius 3 is 2.57 bits per heavy atom. The number of nitrogens with one attached hydrogen (secondary N) is 1. The van der Waals surface area contributed by atoms with Gasteiger partial charge in [0.2, 0.25) is 6.10 Å². The fourth-order valence-corrected chi connectivity index (χ4v) is 2.02. The highest BCUT2D eigenvalue weighted by molar-refractivity contribution is 5.85. The number of rotatable bonds is 3. The highest BCUT2D eigenvalue weighted by Gasteiger charge is 2.27. The van der Waals surface area contributed by atoms with Crippen LogP contribution in [-0.2, 0) is 4.79 Å². The molecule has 118 valence electrons. The molecule has 0 fully saturated rings. The summed E-state index contributed by atoms with van der Waals surface area (Å²) < 4.78 is 37.7. The molecule has 3 rings (SSSR count). The lowest BCUT2D eigenvalue weighted by Crippen LogP contribution is -2.42. The van der Waals surface area contributed by atoms with Crippen LogP contribution in [0.5, 0.6) is 11.5 Å². The van der Waals surface area contributed by atoms with E-state index < -0.39 is 23.6 Å². The Bertz CT molecular complexity index is 744. The van der Waals surface area contributed by atoms with Crippen LogP contribution < -0.4 is 14.9 Å². The molecule has 2 aromatic carbocycles. The monoisotopic (exact) mass is 318 g/mol. The Kier molecular flexibility index (Phi) is 4.18. The van der Waals surface area contributed by atoms with Gasteiger partial charge in [0.25, 0.3) is 5.91 Å². The van der Waals surface area contributed by atoms with Gasteiger partial charge in [0.15, 0.2) is 11.5 Å². The van der Waals surface area contributed by atoms with E-state index in [0.29, 0.717) is 11.5 Å². The number of hydrogen-bond donors (Lipinski definition) is 1. The van der Waals surface area contributed by atoms with Crippen molar-refractivity contribution in [3.8, 4) is 11.5 Å². The quantitative estimate of drug-likeness (QED) is 0.697. The minimum Gasteiger partial charge on any atom is -0.485 e. The smallest absolute Gasteiger partial charge is 0.284 e. The zero-order chi connectivity index (χ0) is 16.2. The van der Waals surface area contributed by atoms with Crippen LogP contribution in [0.2, 0.25) is 0 Å². The number of halogens is 2. The Hall–Kier alpha value is -2.96. The average Bonchev–Trinajstić information content (AvgIpc) is 2.57. The van der Waals surface area contributed by atoms with E-state index in [1.54, 1.807) is 24.3 Å². The zero-order valence-corrected chi connectivity index (χ0v) is 11.8. The molecule has 0 saturated heterocycles. The second kappa shape index (κ2) is 6.43. The normalized spacial score (nSPS) is 16.3. The third kappa shape index (κ3) is 3.28. The SMILES string of the molecule is O=C(N/N=C\c1c(F)cccc1F)[C@@H]1COc2ccccc2O1. The Labute approximate surface area is 130 Å². The molecule has 1 atom stereocenters. The Balaban J connectivity index is 1.63. The molecular formula is C16H12F2N2O3. The summed E-state index contributed by atoms with van der Waals surface area (Å²) in [4.78, 5) is 12.0. The molecule has 0 radical (unpaired) electrons. The van der Waals surface area contributed by atoms with Crippen molar-refractivity contribution >= 4 is 12.1 Å². The number of nitrogens with zero attached hydrogens (tertiary/aromatic N) is 1. The Morgan fingerprint density at radius 1 is 1.13 bits per heavy atom. The maximum Gasteiger partial charge on any atom is 0.284 e. The number of ether oxygens (including phenoxy) is 2. The van der Waals surface area contributed by atoms with Crippen molar-refractivity contribution in [3.63, 3.8) is 0 Å². The van der Waals surface area contributed by atoms with E-state index >= 15 is 0 Å². The van der Waals surface area contributed by atoms with Crippen LogP contribution in [-0.4, -0.2) is 24.8 Å². The average molecular weight is 318 g/mol. The summed E-state index contributed by atoms with van der Waals surface area (Å²) >= 11 is 0. The molecule has 1 N–H and O–H groups in total. The van der Waals surface area contributed by atoms with Gasteiger partial charge in [-0.25, -0.2) is 14.2 Å². The van der Waals surface area contributed by atoms with Gasteiger partial charge in [-0.2, -0.15) is 5.10 Å². The van der Waals surface area contributed by atoms with E-state index in [-0.39, 0.29) is 12.2 Å². The number of amides is 1. The molecule has 0 aromatic heterocycles. The lowest BCUT2D eigenvalue weighted by Gasteiger charge is -2.24. The number of fused-ring (bicyclic) bond motifs is 1. The number of para-hydroxylation sites is 2. The number of carbonyl (C=O) groups excluding carboxylic acids is 1. The first-order chi connectivity index (χ1) is 11.1. The molecular weight excluding hydrogens is 306 g/mol.